The van der Waals surface area contributed by atoms with Crippen LogP contribution in [0.1, 0.15) is 29.7 Å². The molecule has 0 spiro atoms. The number of anilines is 1. The first-order chi connectivity index (χ1) is 16.9. The highest BCUT2D eigenvalue weighted by Gasteiger charge is 2.49. The van der Waals surface area contributed by atoms with Gasteiger partial charge in [-0.15, -0.1) is 0 Å². The van der Waals surface area contributed by atoms with Gasteiger partial charge in [-0.25, -0.2) is 9.37 Å². The molecular weight excluding hydrogens is 467 g/mol. The van der Waals surface area contributed by atoms with E-state index in [2.05, 4.69) is 4.98 Å². The first-order valence-electron chi connectivity index (χ1n) is 11.0. The molecular formula is C27H21FN2O4S. The molecule has 8 heteroatoms. The SMILES string of the molecule is CCc1ccc2nc(N3C(=O)C(=O)/C(=C(/O)c4ccc(OC)cc4)[C@H]3c3ccccc3F)sc2c1. The Balaban J connectivity index is 1.72. The van der Waals surface area contributed by atoms with Crippen molar-refractivity contribution in [3.05, 3.63) is 94.8 Å². The van der Waals surface area contributed by atoms with Crippen molar-refractivity contribution in [2.24, 2.45) is 0 Å². The van der Waals surface area contributed by atoms with Gasteiger partial charge in [-0.05, 0) is 54.4 Å². The van der Waals surface area contributed by atoms with Gasteiger partial charge in [-0.2, -0.15) is 0 Å². The monoisotopic (exact) mass is 488 g/mol. The lowest BCUT2D eigenvalue weighted by atomic mass is 9.95. The average molecular weight is 489 g/mol. The maximum atomic E-state index is 15.0. The molecule has 4 aromatic rings. The number of aliphatic hydroxyl groups excluding tert-OH is 1. The van der Waals surface area contributed by atoms with Crippen LogP contribution < -0.4 is 9.64 Å². The summed E-state index contributed by atoms with van der Waals surface area (Å²) in [5.74, 6) is -2.20. The van der Waals surface area contributed by atoms with E-state index in [4.69, 9.17) is 4.74 Å². The van der Waals surface area contributed by atoms with Gasteiger partial charge in [0.05, 0.1) is 22.9 Å². The third kappa shape index (κ3) is 3.85. The maximum absolute atomic E-state index is 15.0. The zero-order valence-electron chi connectivity index (χ0n) is 19.0. The number of ether oxygens (including phenoxy) is 1. The maximum Gasteiger partial charge on any atom is 0.301 e. The largest absolute Gasteiger partial charge is 0.507 e. The molecule has 1 atom stereocenters. The van der Waals surface area contributed by atoms with E-state index in [1.54, 1.807) is 30.3 Å². The summed E-state index contributed by atoms with van der Waals surface area (Å²) in [4.78, 5) is 32.3. The summed E-state index contributed by atoms with van der Waals surface area (Å²) in [6.07, 6.45) is 0.838. The molecule has 1 aromatic heterocycles. The van der Waals surface area contributed by atoms with Crippen molar-refractivity contribution in [2.45, 2.75) is 19.4 Å². The molecule has 0 aliphatic carbocycles. The third-order valence-corrected chi connectivity index (χ3v) is 7.08. The molecule has 1 fully saturated rings. The van der Waals surface area contributed by atoms with Crippen molar-refractivity contribution in [3.63, 3.8) is 0 Å². The fourth-order valence-corrected chi connectivity index (χ4v) is 5.26. The summed E-state index contributed by atoms with van der Waals surface area (Å²) in [6, 6.07) is 16.9. The Morgan fingerprint density at radius 3 is 2.54 bits per heavy atom. The van der Waals surface area contributed by atoms with Gasteiger partial charge in [0.15, 0.2) is 5.13 Å². The highest BCUT2D eigenvalue weighted by Crippen LogP contribution is 2.45. The zero-order chi connectivity index (χ0) is 24.7. The fourth-order valence-electron chi connectivity index (χ4n) is 4.21. The molecule has 2 heterocycles. The lowest BCUT2D eigenvalue weighted by molar-refractivity contribution is -0.132. The number of hydrogen-bond acceptors (Lipinski definition) is 6. The van der Waals surface area contributed by atoms with E-state index in [-0.39, 0.29) is 16.3 Å². The predicted octanol–water partition coefficient (Wildman–Crippen LogP) is 5.63. The van der Waals surface area contributed by atoms with Crippen molar-refractivity contribution in [2.75, 3.05) is 12.0 Å². The van der Waals surface area contributed by atoms with Crippen molar-refractivity contribution in [1.82, 2.24) is 4.98 Å². The molecule has 35 heavy (non-hydrogen) atoms. The quantitative estimate of drug-likeness (QED) is 0.224. The van der Waals surface area contributed by atoms with Gasteiger partial charge in [0.25, 0.3) is 5.78 Å². The number of rotatable bonds is 5. The van der Waals surface area contributed by atoms with Crippen LogP contribution in [0.25, 0.3) is 16.0 Å². The number of ketones is 1. The standard InChI is InChI=1S/C27H21FN2O4S/c1-3-15-8-13-20-21(14-15)35-27(29-20)30-23(18-6-4-5-7-19(18)28)22(25(32)26(30)33)24(31)16-9-11-17(34-2)12-10-16/h4-14,23,31H,3H2,1-2H3/b24-22+/t23-/m1/s1. The number of nitrogens with zero attached hydrogens (tertiary/aromatic N) is 2. The van der Waals surface area contributed by atoms with Crippen LogP contribution in [0.5, 0.6) is 5.75 Å². The molecule has 5 rings (SSSR count). The minimum atomic E-state index is -1.18. The topological polar surface area (TPSA) is 79.7 Å². The van der Waals surface area contributed by atoms with Gasteiger partial charge in [0.2, 0.25) is 0 Å². The number of amides is 1. The second-order valence-electron chi connectivity index (χ2n) is 8.07. The minimum absolute atomic E-state index is 0.0928. The third-order valence-electron chi connectivity index (χ3n) is 6.06. The first-order valence-corrected chi connectivity index (χ1v) is 11.8. The molecule has 3 aromatic carbocycles. The van der Waals surface area contributed by atoms with Crippen molar-refractivity contribution in [1.29, 1.82) is 0 Å². The number of fused-ring (bicyclic) bond motifs is 1. The molecule has 176 valence electrons. The molecule has 1 amide bonds. The minimum Gasteiger partial charge on any atom is -0.507 e. The normalized spacial score (nSPS) is 17.3. The molecule has 1 aliphatic heterocycles. The average Bonchev–Trinajstić information content (AvgIpc) is 3.41. The number of Topliss-reactive ketones (excluding diaryl/α,β-unsaturated/α-hetero) is 1. The fraction of sp³-hybridized carbons (Fsp3) is 0.148. The predicted molar refractivity (Wildman–Crippen MR) is 133 cm³/mol. The number of thiazole rings is 1. The Morgan fingerprint density at radius 1 is 1.11 bits per heavy atom. The summed E-state index contributed by atoms with van der Waals surface area (Å²) in [5.41, 5.74) is 1.99. The van der Waals surface area contributed by atoms with Gasteiger partial charge >= 0.3 is 5.91 Å². The molecule has 0 unspecified atom stereocenters. The molecule has 0 radical (unpaired) electrons. The summed E-state index contributed by atoms with van der Waals surface area (Å²) in [5, 5.41) is 11.4. The van der Waals surface area contributed by atoms with Crippen LogP contribution in [-0.2, 0) is 16.0 Å². The number of benzene rings is 3. The number of aliphatic hydroxyl groups is 1. The Kier molecular flexibility index (Phi) is 5.82. The number of hydrogen-bond donors (Lipinski definition) is 1. The molecule has 1 N–H and O–H groups in total. The molecule has 1 aliphatic rings. The van der Waals surface area contributed by atoms with Crippen LogP contribution in [0.15, 0.2) is 72.3 Å². The van der Waals surface area contributed by atoms with Crippen LogP contribution in [0.4, 0.5) is 9.52 Å². The lowest BCUT2D eigenvalue weighted by Crippen LogP contribution is -2.29. The van der Waals surface area contributed by atoms with E-state index in [9.17, 15) is 14.7 Å². The Labute approximate surface area is 204 Å². The van der Waals surface area contributed by atoms with E-state index >= 15 is 4.39 Å². The highest BCUT2D eigenvalue weighted by molar-refractivity contribution is 7.22. The van der Waals surface area contributed by atoms with Crippen molar-refractivity contribution in [3.8, 4) is 5.75 Å². The highest BCUT2D eigenvalue weighted by atomic mass is 32.1. The van der Waals surface area contributed by atoms with Gasteiger partial charge in [0, 0.05) is 11.1 Å². The Morgan fingerprint density at radius 2 is 1.86 bits per heavy atom. The molecule has 6 nitrogen and oxygen atoms in total. The molecule has 0 saturated carbocycles. The van der Waals surface area contributed by atoms with Crippen LogP contribution in [0, 0.1) is 5.82 Å². The van der Waals surface area contributed by atoms with E-state index in [1.165, 1.54) is 41.5 Å². The van der Waals surface area contributed by atoms with E-state index in [0.717, 1.165) is 16.7 Å². The Hall–Kier alpha value is -4.04. The lowest BCUT2D eigenvalue weighted by Gasteiger charge is -2.23. The van der Waals surface area contributed by atoms with Crippen molar-refractivity contribution >= 4 is 44.1 Å². The summed E-state index contributed by atoms with van der Waals surface area (Å²) >= 11 is 1.25. The van der Waals surface area contributed by atoms with Gasteiger partial charge < -0.3 is 9.84 Å². The number of aryl methyl sites for hydroxylation is 1. The number of carbonyl (C=O) groups excluding carboxylic acids is 2. The summed E-state index contributed by atoms with van der Waals surface area (Å²) in [7, 11) is 1.51. The first kappa shape index (κ1) is 22.7. The van der Waals surface area contributed by atoms with Crippen LogP contribution in [0.2, 0.25) is 0 Å². The molecule has 0 bridgehead atoms. The summed E-state index contributed by atoms with van der Waals surface area (Å²) in [6.45, 7) is 2.04. The summed E-state index contributed by atoms with van der Waals surface area (Å²) < 4.78 is 21.0. The van der Waals surface area contributed by atoms with Crippen LogP contribution >= 0.6 is 11.3 Å². The van der Waals surface area contributed by atoms with Crippen LogP contribution in [-0.4, -0.2) is 28.9 Å². The van der Waals surface area contributed by atoms with Crippen LogP contribution in [0.3, 0.4) is 0 Å². The smallest absolute Gasteiger partial charge is 0.301 e. The van der Waals surface area contributed by atoms with E-state index in [0.29, 0.717) is 16.8 Å². The second-order valence-corrected chi connectivity index (χ2v) is 9.08. The molecule has 1 saturated heterocycles. The number of carbonyl (C=O) groups is 2. The number of methoxy groups -OCH3 is 1. The van der Waals surface area contributed by atoms with Crippen molar-refractivity contribution < 1.29 is 23.8 Å². The van der Waals surface area contributed by atoms with E-state index < -0.39 is 29.3 Å². The van der Waals surface area contributed by atoms with E-state index in [1.807, 2.05) is 25.1 Å². The van der Waals surface area contributed by atoms with Gasteiger partial charge in [-0.1, -0.05) is 42.5 Å². The number of aromatic nitrogens is 1. The van der Waals surface area contributed by atoms with Gasteiger partial charge in [-0.3, -0.25) is 14.5 Å². The number of halogens is 1. The zero-order valence-corrected chi connectivity index (χ0v) is 19.8. The van der Waals surface area contributed by atoms with Gasteiger partial charge in [0.1, 0.15) is 23.4 Å². The Bertz CT molecular complexity index is 1490. The second kappa shape index (κ2) is 8.96.